The largest absolute Gasteiger partial charge is 0.420 e. The summed E-state index contributed by atoms with van der Waals surface area (Å²) in [6.07, 6.45) is 3.99. The van der Waals surface area contributed by atoms with Gasteiger partial charge in [-0.25, -0.2) is 35.1 Å². The third-order valence-corrected chi connectivity index (χ3v) is 7.86. The molecule has 192 valence electrons. The van der Waals surface area contributed by atoms with Crippen LogP contribution >= 0.6 is 0 Å². The molecule has 37 heavy (non-hydrogen) atoms. The highest BCUT2D eigenvalue weighted by atomic mass is 32.2. The normalized spacial score (nSPS) is 11.9. The molecular weight excluding hydrogens is 523 g/mol. The predicted molar refractivity (Wildman–Crippen MR) is 132 cm³/mol. The maximum absolute atomic E-state index is 15.6. The molecule has 3 N–H and O–H groups in total. The Bertz CT molecular complexity index is 1670. The summed E-state index contributed by atoms with van der Waals surface area (Å²) in [5.41, 5.74) is 0.421. The molecule has 2 aromatic carbocycles. The first kappa shape index (κ1) is 26.2. The summed E-state index contributed by atoms with van der Waals surface area (Å²) in [6, 6.07) is 13.0. The molecule has 0 atom stereocenters. The quantitative estimate of drug-likeness (QED) is 0.254. The molecular formula is C24H21FN4O6S2. The lowest BCUT2D eigenvalue weighted by Gasteiger charge is -2.13. The summed E-state index contributed by atoms with van der Waals surface area (Å²) in [4.78, 5) is 16.2. The molecule has 0 fully saturated rings. The number of hydrogen-bond donors (Lipinski definition) is 2. The molecule has 0 amide bonds. The number of ether oxygens (including phenoxy) is 1. The first-order valence-electron chi connectivity index (χ1n) is 10.7. The van der Waals surface area contributed by atoms with Gasteiger partial charge in [0, 0.05) is 30.7 Å². The van der Waals surface area contributed by atoms with Crippen molar-refractivity contribution < 1.29 is 30.8 Å². The number of benzene rings is 2. The Morgan fingerprint density at radius 3 is 2.41 bits per heavy atom. The Kier molecular flexibility index (Phi) is 7.23. The molecule has 0 unspecified atom stereocenters. The second kappa shape index (κ2) is 10.2. The van der Waals surface area contributed by atoms with Crippen LogP contribution in [0.3, 0.4) is 0 Å². The van der Waals surface area contributed by atoms with Crippen molar-refractivity contribution in [2.75, 3.05) is 7.05 Å². The monoisotopic (exact) mass is 544 g/mol. The van der Waals surface area contributed by atoms with Crippen LogP contribution in [0.5, 0.6) is 5.75 Å². The number of hydrogen-bond acceptors (Lipinski definition) is 8. The Balaban J connectivity index is 1.73. The first-order chi connectivity index (χ1) is 17.5. The molecule has 4 aromatic rings. The number of esters is 1. The van der Waals surface area contributed by atoms with Crippen LogP contribution in [0.15, 0.2) is 89.0 Å². The van der Waals surface area contributed by atoms with E-state index in [4.69, 9.17) is 9.88 Å². The Labute approximate surface area is 212 Å². The molecule has 2 aromatic heterocycles. The van der Waals surface area contributed by atoms with Gasteiger partial charge in [-0.2, -0.15) is 0 Å². The van der Waals surface area contributed by atoms with Gasteiger partial charge in [0.05, 0.1) is 16.2 Å². The number of aromatic nitrogens is 2. The van der Waals surface area contributed by atoms with E-state index in [0.717, 1.165) is 16.1 Å². The molecule has 2 heterocycles. The van der Waals surface area contributed by atoms with Gasteiger partial charge in [0.25, 0.3) is 10.0 Å². The molecule has 0 saturated carbocycles. The minimum atomic E-state index is -4.13. The molecule has 0 aliphatic rings. The van der Waals surface area contributed by atoms with Gasteiger partial charge >= 0.3 is 5.97 Å². The van der Waals surface area contributed by atoms with Gasteiger partial charge in [0.15, 0.2) is 11.6 Å². The maximum Gasteiger partial charge on any atom is 0.343 e. The average Bonchev–Trinajstić information content (AvgIpc) is 3.30. The van der Waals surface area contributed by atoms with Crippen LogP contribution < -0.4 is 15.2 Å². The molecule has 0 aliphatic heterocycles. The van der Waals surface area contributed by atoms with Crippen molar-refractivity contribution >= 4 is 26.0 Å². The van der Waals surface area contributed by atoms with E-state index in [2.05, 4.69) is 10.3 Å². The van der Waals surface area contributed by atoms with Crippen LogP contribution in [-0.2, 0) is 26.6 Å². The summed E-state index contributed by atoms with van der Waals surface area (Å²) in [5.74, 6) is -2.36. The maximum atomic E-state index is 15.6. The summed E-state index contributed by atoms with van der Waals surface area (Å²) >= 11 is 0. The topological polar surface area (TPSA) is 150 Å². The van der Waals surface area contributed by atoms with E-state index in [1.54, 1.807) is 7.05 Å². The lowest BCUT2D eigenvalue weighted by atomic mass is 10.1. The SMILES string of the molecule is CNCc1cc(-c2cccc(OC(=O)c3ccc(S(N)(=O)=O)cc3)c2F)n(S(=O)(=O)c2cccnc2)c1. The van der Waals surface area contributed by atoms with Gasteiger partial charge in [0.2, 0.25) is 10.0 Å². The lowest BCUT2D eigenvalue weighted by Crippen LogP contribution is -2.15. The van der Waals surface area contributed by atoms with Crippen molar-refractivity contribution in [3.8, 4) is 17.0 Å². The molecule has 0 bridgehead atoms. The van der Waals surface area contributed by atoms with Crippen LogP contribution in [0.2, 0.25) is 0 Å². The zero-order valence-electron chi connectivity index (χ0n) is 19.3. The molecule has 0 aliphatic carbocycles. The fourth-order valence-electron chi connectivity index (χ4n) is 3.53. The third-order valence-electron chi connectivity index (χ3n) is 5.28. The van der Waals surface area contributed by atoms with Crippen LogP contribution in [0.4, 0.5) is 4.39 Å². The van der Waals surface area contributed by atoms with Gasteiger partial charge in [0.1, 0.15) is 4.90 Å². The number of halogens is 1. The lowest BCUT2D eigenvalue weighted by molar-refractivity contribution is 0.0728. The van der Waals surface area contributed by atoms with Gasteiger partial charge in [-0.3, -0.25) is 4.98 Å². The zero-order chi connectivity index (χ0) is 26.8. The number of nitrogens with zero attached hydrogens (tertiary/aromatic N) is 2. The number of primary sulfonamides is 1. The number of nitrogens with two attached hydrogens (primary N) is 1. The van der Waals surface area contributed by atoms with Crippen molar-refractivity contribution in [2.45, 2.75) is 16.3 Å². The van der Waals surface area contributed by atoms with E-state index in [9.17, 15) is 21.6 Å². The number of pyridine rings is 1. The number of carbonyl (C=O) groups excluding carboxylic acids is 1. The fraction of sp³-hybridized carbons (Fsp3) is 0.0833. The van der Waals surface area contributed by atoms with Crippen LogP contribution in [0.1, 0.15) is 15.9 Å². The Hall–Kier alpha value is -3.91. The van der Waals surface area contributed by atoms with Gasteiger partial charge in [-0.05, 0) is 67.2 Å². The minimum absolute atomic E-state index is 0.0157. The van der Waals surface area contributed by atoms with Gasteiger partial charge in [-0.15, -0.1) is 0 Å². The molecule has 0 radical (unpaired) electrons. The second-order valence-corrected chi connectivity index (χ2v) is 11.2. The molecule has 13 heteroatoms. The molecule has 4 rings (SSSR count). The van der Waals surface area contributed by atoms with Crippen molar-refractivity contribution in [1.82, 2.24) is 14.3 Å². The molecule has 0 saturated heterocycles. The summed E-state index contributed by atoms with van der Waals surface area (Å²) in [6.45, 7) is 0.313. The van der Waals surface area contributed by atoms with Crippen molar-refractivity contribution in [3.05, 3.63) is 96.2 Å². The summed E-state index contributed by atoms with van der Waals surface area (Å²) < 4.78 is 71.3. The average molecular weight is 545 g/mol. The minimum Gasteiger partial charge on any atom is -0.420 e. The third kappa shape index (κ3) is 5.44. The highest BCUT2D eigenvalue weighted by molar-refractivity contribution is 7.90. The van der Waals surface area contributed by atoms with Crippen molar-refractivity contribution in [3.63, 3.8) is 0 Å². The highest BCUT2D eigenvalue weighted by Gasteiger charge is 2.25. The standard InChI is InChI=1S/C24H21FN4O6S2/c1-27-13-16-12-21(29(15-16)37(33,34)19-4-3-11-28-14-19)20-5-2-6-22(23(20)25)35-24(30)17-7-9-18(10-8-17)36(26,31)32/h2-12,14-15,27H,13H2,1H3,(H2,26,31,32). The molecule has 0 spiro atoms. The van der Waals surface area contributed by atoms with E-state index in [1.165, 1.54) is 67.1 Å². The summed E-state index contributed by atoms with van der Waals surface area (Å²) in [5, 5.41) is 7.97. The van der Waals surface area contributed by atoms with E-state index in [-0.39, 0.29) is 26.6 Å². The van der Waals surface area contributed by atoms with E-state index >= 15 is 4.39 Å². The van der Waals surface area contributed by atoms with Gasteiger partial charge < -0.3 is 10.1 Å². The summed E-state index contributed by atoms with van der Waals surface area (Å²) in [7, 11) is -6.41. The zero-order valence-corrected chi connectivity index (χ0v) is 21.0. The second-order valence-electron chi connectivity index (χ2n) is 7.83. The number of carbonyl (C=O) groups is 1. The first-order valence-corrected chi connectivity index (χ1v) is 13.7. The smallest absolute Gasteiger partial charge is 0.343 e. The van der Waals surface area contributed by atoms with Crippen LogP contribution in [0, 0.1) is 5.82 Å². The van der Waals surface area contributed by atoms with E-state index in [0.29, 0.717) is 12.1 Å². The Morgan fingerprint density at radius 2 is 1.78 bits per heavy atom. The van der Waals surface area contributed by atoms with Crippen molar-refractivity contribution in [1.29, 1.82) is 0 Å². The van der Waals surface area contributed by atoms with Crippen molar-refractivity contribution in [2.24, 2.45) is 5.14 Å². The number of nitrogens with one attached hydrogen (secondary N) is 1. The molecule has 10 nitrogen and oxygen atoms in total. The fourth-order valence-corrected chi connectivity index (χ4v) is 5.40. The van der Waals surface area contributed by atoms with E-state index in [1.807, 2.05) is 0 Å². The Morgan fingerprint density at radius 1 is 1.05 bits per heavy atom. The van der Waals surface area contributed by atoms with Crippen LogP contribution in [0.25, 0.3) is 11.3 Å². The van der Waals surface area contributed by atoms with Gasteiger partial charge in [-0.1, -0.05) is 6.07 Å². The highest BCUT2D eigenvalue weighted by Crippen LogP contribution is 2.33. The number of rotatable bonds is 8. The van der Waals surface area contributed by atoms with E-state index < -0.39 is 37.6 Å². The van der Waals surface area contributed by atoms with Crippen LogP contribution in [-0.4, -0.2) is 38.8 Å². The number of sulfonamides is 1. The predicted octanol–water partition coefficient (Wildman–Crippen LogP) is 2.51.